The fourth-order valence-electron chi connectivity index (χ4n) is 0.877. The summed E-state index contributed by atoms with van der Waals surface area (Å²) in [6.45, 7) is 1.86. The van der Waals surface area contributed by atoms with Crippen LogP contribution < -0.4 is 5.46 Å². The molecule has 1 aromatic carbocycles. The van der Waals surface area contributed by atoms with Gasteiger partial charge in [-0.25, -0.2) is 4.79 Å². The van der Waals surface area contributed by atoms with Crippen molar-refractivity contribution >= 4 is 19.3 Å². The van der Waals surface area contributed by atoms with Gasteiger partial charge in [-0.15, -0.1) is 0 Å². The van der Waals surface area contributed by atoms with Crippen molar-refractivity contribution in [2.75, 3.05) is 0 Å². The Morgan fingerprint density at radius 3 is 2.64 bits per heavy atom. The molecule has 0 fully saturated rings. The Morgan fingerprint density at radius 1 is 1.55 bits per heavy atom. The van der Waals surface area contributed by atoms with Crippen molar-refractivity contribution in [3.8, 4) is 0 Å². The lowest BCUT2D eigenvalue weighted by Crippen LogP contribution is -2.15. The second-order valence-electron chi connectivity index (χ2n) is 2.40. The first kappa shape index (κ1) is 7.86. The van der Waals surface area contributed by atoms with Gasteiger partial charge in [-0.3, -0.25) is 0 Å². The Bertz CT molecular complexity index is 294. The van der Waals surface area contributed by atoms with E-state index < -0.39 is 5.97 Å². The lowest BCUT2D eigenvalue weighted by Gasteiger charge is -2.00. The zero-order valence-corrected chi connectivity index (χ0v) is 6.16. The summed E-state index contributed by atoms with van der Waals surface area (Å²) in [5, 5.41) is 8.58. The largest absolute Gasteiger partial charge is 0.478 e. The third kappa shape index (κ3) is 1.61. The summed E-state index contributed by atoms with van der Waals surface area (Å²) in [5.41, 5.74) is 1.45. The third-order valence-corrected chi connectivity index (χ3v) is 1.44. The van der Waals surface area contributed by atoms with Crippen LogP contribution in [0.5, 0.6) is 0 Å². The molecule has 1 aromatic rings. The SMILES string of the molecule is [B]c1cc(C)ccc1C(=O)O. The number of carboxylic acid groups (broad SMARTS) is 1. The fourth-order valence-corrected chi connectivity index (χ4v) is 0.877. The van der Waals surface area contributed by atoms with Crippen molar-refractivity contribution < 1.29 is 9.90 Å². The third-order valence-electron chi connectivity index (χ3n) is 1.44. The quantitative estimate of drug-likeness (QED) is 0.585. The number of hydrogen-bond acceptors (Lipinski definition) is 1. The highest BCUT2D eigenvalue weighted by Crippen LogP contribution is 1.98. The van der Waals surface area contributed by atoms with Gasteiger partial charge in [0.2, 0.25) is 0 Å². The number of rotatable bonds is 1. The number of carboxylic acids is 1. The minimum Gasteiger partial charge on any atom is -0.478 e. The summed E-state index contributed by atoms with van der Waals surface area (Å²) in [4.78, 5) is 10.5. The van der Waals surface area contributed by atoms with Crippen LogP contribution in [-0.2, 0) is 0 Å². The van der Waals surface area contributed by atoms with Crippen molar-refractivity contribution in [3.63, 3.8) is 0 Å². The fraction of sp³-hybridized carbons (Fsp3) is 0.125. The molecule has 3 heteroatoms. The van der Waals surface area contributed by atoms with E-state index in [0.717, 1.165) is 5.56 Å². The number of benzene rings is 1. The first-order valence-corrected chi connectivity index (χ1v) is 3.20. The lowest BCUT2D eigenvalue weighted by molar-refractivity contribution is 0.0698. The second kappa shape index (κ2) is 2.78. The van der Waals surface area contributed by atoms with E-state index in [1.807, 2.05) is 6.92 Å². The highest BCUT2D eigenvalue weighted by Gasteiger charge is 2.04. The Morgan fingerprint density at radius 2 is 2.18 bits per heavy atom. The first-order chi connectivity index (χ1) is 5.11. The Kier molecular flexibility index (Phi) is 1.99. The molecule has 1 N–H and O–H groups in total. The molecule has 0 spiro atoms. The van der Waals surface area contributed by atoms with Gasteiger partial charge in [0, 0.05) is 0 Å². The summed E-state index contributed by atoms with van der Waals surface area (Å²) in [6.07, 6.45) is 0. The predicted octanol–water partition coefficient (Wildman–Crippen LogP) is 0.487. The number of hydrogen-bond donors (Lipinski definition) is 1. The minimum atomic E-state index is -0.984. The van der Waals surface area contributed by atoms with Crippen LogP contribution in [-0.4, -0.2) is 18.9 Å². The topological polar surface area (TPSA) is 37.3 Å². The van der Waals surface area contributed by atoms with E-state index in [0.29, 0.717) is 5.46 Å². The van der Waals surface area contributed by atoms with E-state index in [4.69, 9.17) is 13.0 Å². The Labute approximate surface area is 66.3 Å². The maximum Gasteiger partial charge on any atom is 0.335 e. The molecule has 2 nitrogen and oxygen atoms in total. The molecular formula is C8H7BO2. The van der Waals surface area contributed by atoms with Crippen LogP contribution in [0.3, 0.4) is 0 Å². The average Bonchev–Trinajstić information content (AvgIpc) is 1.85. The van der Waals surface area contributed by atoms with Crippen LogP contribution in [0.15, 0.2) is 18.2 Å². The molecule has 11 heavy (non-hydrogen) atoms. The van der Waals surface area contributed by atoms with Gasteiger partial charge in [-0.1, -0.05) is 23.2 Å². The van der Waals surface area contributed by atoms with Crippen molar-refractivity contribution in [1.82, 2.24) is 0 Å². The molecule has 0 bridgehead atoms. The number of aryl methyl sites for hydroxylation is 1. The Hall–Kier alpha value is -1.25. The van der Waals surface area contributed by atoms with Crippen LogP contribution in [0.2, 0.25) is 0 Å². The zero-order valence-electron chi connectivity index (χ0n) is 6.16. The highest BCUT2D eigenvalue weighted by atomic mass is 16.4. The van der Waals surface area contributed by atoms with Gasteiger partial charge in [-0.2, -0.15) is 0 Å². The van der Waals surface area contributed by atoms with Crippen LogP contribution >= 0.6 is 0 Å². The van der Waals surface area contributed by atoms with Crippen molar-refractivity contribution in [2.45, 2.75) is 6.92 Å². The molecule has 0 heterocycles. The van der Waals surface area contributed by atoms with E-state index in [9.17, 15) is 4.79 Å². The minimum absolute atomic E-state index is 0.163. The van der Waals surface area contributed by atoms with Gasteiger partial charge in [0.25, 0.3) is 0 Å². The predicted molar refractivity (Wildman–Crippen MR) is 43.5 cm³/mol. The van der Waals surface area contributed by atoms with Crippen molar-refractivity contribution in [2.24, 2.45) is 0 Å². The van der Waals surface area contributed by atoms with Gasteiger partial charge in [0.1, 0.15) is 7.85 Å². The van der Waals surface area contributed by atoms with Gasteiger partial charge in [0.15, 0.2) is 0 Å². The maximum atomic E-state index is 10.5. The molecule has 2 radical (unpaired) electrons. The molecule has 54 valence electrons. The second-order valence-corrected chi connectivity index (χ2v) is 2.40. The van der Waals surface area contributed by atoms with Crippen LogP contribution in [0, 0.1) is 6.92 Å². The van der Waals surface area contributed by atoms with Crippen LogP contribution in [0.1, 0.15) is 15.9 Å². The lowest BCUT2D eigenvalue weighted by atomic mass is 9.89. The van der Waals surface area contributed by atoms with Crippen molar-refractivity contribution in [3.05, 3.63) is 29.3 Å². The molecule has 1 rings (SSSR count). The molecular weight excluding hydrogens is 139 g/mol. The molecule has 0 saturated carbocycles. The van der Waals surface area contributed by atoms with Gasteiger partial charge >= 0.3 is 5.97 Å². The monoisotopic (exact) mass is 146 g/mol. The van der Waals surface area contributed by atoms with Gasteiger partial charge in [0.05, 0.1) is 5.56 Å². The van der Waals surface area contributed by atoms with E-state index in [1.54, 1.807) is 12.1 Å². The summed E-state index contributed by atoms with van der Waals surface area (Å²) in [6, 6.07) is 4.87. The van der Waals surface area contributed by atoms with Gasteiger partial charge in [-0.05, 0) is 13.0 Å². The maximum absolute atomic E-state index is 10.5. The summed E-state index contributed by atoms with van der Waals surface area (Å²) in [7, 11) is 5.44. The summed E-state index contributed by atoms with van der Waals surface area (Å²) >= 11 is 0. The summed E-state index contributed by atoms with van der Waals surface area (Å²) < 4.78 is 0. The highest BCUT2D eigenvalue weighted by molar-refractivity contribution is 6.36. The average molecular weight is 146 g/mol. The smallest absolute Gasteiger partial charge is 0.335 e. The molecule has 0 aliphatic carbocycles. The standard InChI is InChI=1S/C8H7BO2/c1-5-2-3-6(8(10)11)7(9)4-5/h2-4H,1H3,(H,10,11). The van der Waals surface area contributed by atoms with E-state index in [-0.39, 0.29) is 5.56 Å². The van der Waals surface area contributed by atoms with E-state index in [2.05, 4.69) is 0 Å². The molecule has 0 unspecified atom stereocenters. The number of carbonyl (C=O) groups is 1. The normalized spacial score (nSPS) is 9.55. The molecule has 0 aromatic heterocycles. The molecule has 0 aliphatic rings. The molecule has 0 saturated heterocycles. The van der Waals surface area contributed by atoms with Crippen molar-refractivity contribution in [1.29, 1.82) is 0 Å². The zero-order chi connectivity index (χ0) is 8.43. The molecule has 0 amide bonds. The Balaban J connectivity index is 3.20. The van der Waals surface area contributed by atoms with E-state index in [1.165, 1.54) is 6.07 Å². The van der Waals surface area contributed by atoms with Crippen LogP contribution in [0.4, 0.5) is 0 Å². The number of aromatic carboxylic acids is 1. The molecule has 0 aliphatic heterocycles. The first-order valence-electron chi connectivity index (χ1n) is 3.20. The summed E-state index contributed by atoms with van der Waals surface area (Å²) in [5.74, 6) is -0.984. The van der Waals surface area contributed by atoms with E-state index >= 15 is 0 Å². The van der Waals surface area contributed by atoms with Gasteiger partial charge < -0.3 is 5.11 Å². The molecule has 0 atom stereocenters. The van der Waals surface area contributed by atoms with Crippen LogP contribution in [0.25, 0.3) is 0 Å².